The molecule has 3 heteroatoms. The third-order valence-electron chi connectivity index (χ3n) is 1.39. The summed E-state index contributed by atoms with van der Waals surface area (Å²) in [6, 6.07) is 1.94. The van der Waals surface area contributed by atoms with Gasteiger partial charge in [0.05, 0.1) is 0 Å². The molecule has 0 aliphatic heterocycles. The van der Waals surface area contributed by atoms with E-state index in [1.165, 1.54) is 0 Å². The van der Waals surface area contributed by atoms with Crippen molar-refractivity contribution in [2.24, 2.45) is 0 Å². The highest BCUT2D eigenvalue weighted by Gasteiger charge is 1.95. The van der Waals surface area contributed by atoms with E-state index >= 15 is 0 Å². The number of nitrogens with zero attached hydrogens (tertiary/aromatic N) is 2. The van der Waals surface area contributed by atoms with E-state index in [0.717, 1.165) is 11.4 Å². The zero-order chi connectivity index (χ0) is 8.97. The van der Waals surface area contributed by atoms with Gasteiger partial charge in [-0.2, -0.15) is 0 Å². The Morgan fingerprint density at radius 2 is 2.00 bits per heavy atom. The van der Waals surface area contributed by atoms with Crippen molar-refractivity contribution in [2.75, 3.05) is 11.9 Å². The van der Waals surface area contributed by atoms with Gasteiger partial charge in [-0.1, -0.05) is 6.08 Å². The molecule has 1 N–H and O–H groups in total. The Labute approximate surface area is 72.6 Å². The van der Waals surface area contributed by atoms with Crippen LogP contribution in [-0.2, 0) is 0 Å². The predicted octanol–water partition coefficient (Wildman–Crippen LogP) is 1.69. The first kappa shape index (κ1) is 8.71. The quantitative estimate of drug-likeness (QED) is 0.689. The molecule has 0 spiro atoms. The van der Waals surface area contributed by atoms with E-state index in [2.05, 4.69) is 21.9 Å². The Morgan fingerprint density at radius 3 is 2.50 bits per heavy atom. The minimum absolute atomic E-state index is 0.674. The largest absolute Gasteiger partial charge is 0.351 e. The van der Waals surface area contributed by atoms with Crippen molar-refractivity contribution >= 4 is 5.95 Å². The van der Waals surface area contributed by atoms with E-state index in [1.807, 2.05) is 19.9 Å². The molecule has 0 aromatic carbocycles. The van der Waals surface area contributed by atoms with Gasteiger partial charge >= 0.3 is 0 Å². The molecule has 1 aromatic heterocycles. The van der Waals surface area contributed by atoms with Crippen LogP contribution in [0, 0.1) is 13.8 Å². The highest BCUT2D eigenvalue weighted by Crippen LogP contribution is 2.02. The highest BCUT2D eigenvalue weighted by molar-refractivity contribution is 5.28. The highest BCUT2D eigenvalue weighted by atomic mass is 15.1. The summed E-state index contributed by atoms with van der Waals surface area (Å²) >= 11 is 0. The molecule has 0 bridgehead atoms. The molecule has 0 fully saturated rings. The maximum atomic E-state index is 4.20. The van der Waals surface area contributed by atoms with E-state index < -0.39 is 0 Å². The van der Waals surface area contributed by atoms with Crippen LogP contribution in [0.4, 0.5) is 5.95 Å². The van der Waals surface area contributed by atoms with Crippen molar-refractivity contribution in [3.05, 3.63) is 30.1 Å². The van der Waals surface area contributed by atoms with E-state index in [9.17, 15) is 0 Å². The van der Waals surface area contributed by atoms with Crippen LogP contribution in [0.5, 0.6) is 0 Å². The fourth-order valence-corrected chi connectivity index (χ4v) is 0.968. The summed E-state index contributed by atoms with van der Waals surface area (Å²) in [7, 11) is 0. The molecular formula is C9H13N3. The van der Waals surface area contributed by atoms with Gasteiger partial charge in [-0.25, -0.2) is 9.97 Å². The lowest BCUT2D eigenvalue weighted by Gasteiger charge is -2.02. The number of aromatic nitrogens is 2. The molecule has 64 valence electrons. The van der Waals surface area contributed by atoms with Crippen LogP contribution in [0.15, 0.2) is 18.7 Å². The number of rotatable bonds is 3. The zero-order valence-corrected chi connectivity index (χ0v) is 7.46. The molecule has 1 aromatic rings. The molecule has 0 unspecified atom stereocenters. The fourth-order valence-electron chi connectivity index (χ4n) is 0.968. The summed E-state index contributed by atoms with van der Waals surface area (Å²) in [6.07, 6.45) is 1.78. The first-order valence-electron chi connectivity index (χ1n) is 3.89. The van der Waals surface area contributed by atoms with Gasteiger partial charge in [0.15, 0.2) is 0 Å². The summed E-state index contributed by atoms with van der Waals surface area (Å²) in [5.74, 6) is 0.674. The molecule has 3 nitrogen and oxygen atoms in total. The third-order valence-corrected chi connectivity index (χ3v) is 1.39. The maximum absolute atomic E-state index is 4.20. The number of hydrogen-bond donors (Lipinski definition) is 1. The minimum atomic E-state index is 0.674. The van der Waals surface area contributed by atoms with Crippen molar-refractivity contribution in [3.63, 3.8) is 0 Å². The van der Waals surface area contributed by atoms with Crippen LogP contribution in [0.2, 0.25) is 0 Å². The summed E-state index contributed by atoms with van der Waals surface area (Å²) in [5.41, 5.74) is 1.96. The summed E-state index contributed by atoms with van der Waals surface area (Å²) in [6.45, 7) is 8.20. The smallest absolute Gasteiger partial charge is 0.223 e. The van der Waals surface area contributed by atoms with Gasteiger partial charge in [0, 0.05) is 17.9 Å². The number of hydrogen-bond acceptors (Lipinski definition) is 3. The van der Waals surface area contributed by atoms with Crippen molar-refractivity contribution in [2.45, 2.75) is 13.8 Å². The Kier molecular flexibility index (Phi) is 2.80. The van der Waals surface area contributed by atoms with Crippen LogP contribution < -0.4 is 5.32 Å². The monoisotopic (exact) mass is 163 g/mol. The second kappa shape index (κ2) is 3.85. The van der Waals surface area contributed by atoms with Gasteiger partial charge in [0.1, 0.15) is 0 Å². The number of nitrogens with one attached hydrogen (secondary N) is 1. The van der Waals surface area contributed by atoms with Crippen molar-refractivity contribution < 1.29 is 0 Å². The first-order chi connectivity index (χ1) is 5.72. The molecule has 0 saturated carbocycles. The van der Waals surface area contributed by atoms with Crippen LogP contribution >= 0.6 is 0 Å². The van der Waals surface area contributed by atoms with E-state index in [-0.39, 0.29) is 0 Å². The van der Waals surface area contributed by atoms with E-state index in [1.54, 1.807) is 6.08 Å². The average molecular weight is 163 g/mol. The SMILES string of the molecule is C=CCNc1nc(C)cc(C)n1. The summed E-state index contributed by atoms with van der Waals surface area (Å²) in [4.78, 5) is 8.40. The topological polar surface area (TPSA) is 37.8 Å². The molecule has 12 heavy (non-hydrogen) atoms. The average Bonchev–Trinajstić information content (AvgIpc) is 1.99. The van der Waals surface area contributed by atoms with E-state index in [4.69, 9.17) is 0 Å². The second-order valence-electron chi connectivity index (χ2n) is 2.64. The molecule has 1 heterocycles. The van der Waals surface area contributed by atoms with Crippen LogP contribution in [0.25, 0.3) is 0 Å². The van der Waals surface area contributed by atoms with Gasteiger partial charge in [0.2, 0.25) is 5.95 Å². The second-order valence-corrected chi connectivity index (χ2v) is 2.64. The normalized spacial score (nSPS) is 9.50. The molecule has 0 aliphatic carbocycles. The van der Waals surface area contributed by atoms with Gasteiger partial charge in [-0.15, -0.1) is 6.58 Å². The summed E-state index contributed by atoms with van der Waals surface area (Å²) in [5, 5.41) is 3.04. The lowest BCUT2D eigenvalue weighted by molar-refractivity contribution is 1.04. The Balaban J connectivity index is 2.78. The Bertz CT molecular complexity index is 261. The van der Waals surface area contributed by atoms with Gasteiger partial charge in [-0.3, -0.25) is 0 Å². The van der Waals surface area contributed by atoms with Crippen molar-refractivity contribution in [3.8, 4) is 0 Å². The number of aryl methyl sites for hydroxylation is 2. The molecule has 0 saturated heterocycles. The molecule has 0 amide bonds. The maximum Gasteiger partial charge on any atom is 0.223 e. The van der Waals surface area contributed by atoms with Crippen LogP contribution in [0.3, 0.4) is 0 Å². The first-order valence-corrected chi connectivity index (χ1v) is 3.89. The van der Waals surface area contributed by atoms with E-state index in [0.29, 0.717) is 12.5 Å². The lowest BCUT2D eigenvalue weighted by atomic mass is 10.4. The van der Waals surface area contributed by atoms with Crippen molar-refractivity contribution in [1.29, 1.82) is 0 Å². The molecular weight excluding hydrogens is 150 g/mol. The van der Waals surface area contributed by atoms with Gasteiger partial charge in [-0.05, 0) is 19.9 Å². The zero-order valence-electron chi connectivity index (χ0n) is 7.46. The van der Waals surface area contributed by atoms with Gasteiger partial charge < -0.3 is 5.32 Å². The van der Waals surface area contributed by atoms with Crippen LogP contribution in [0.1, 0.15) is 11.4 Å². The molecule has 0 radical (unpaired) electrons. The fraction of sp³-hybridized carbons (Fsp3) is 0.333. The standard InChI is InChI=1S/C9H13N3/c1-4-5-10-9-11-7(2)6-8(3)12-9/h4,6H,1,5H2,2-3H3,(H,10,11,12). The third kappa shape index (κ3) is 2.34. The van der Waals surface area contributed by atoms with Crippen LogP contribution in [-0.4, -0.2) is 16.5 Å². The molecule has 1 rings (SSSR count). The van der Waals surface area contributed by atoms with Gasteiger partial charge in [0.25, 0.3) is 0 Å². The predicted molar refractivity (Wildman–Crippen MR) is 50.2 cm³/mol. The number of anilines is 1. The Hall–Kier alpha value is -1.38. The van der Waals surface area contributed by atoms with Crippen molar-refractivity contribution in [1.82, 2.24) is 9.97 Å². The minimum Gasteiger partial charge on any atom is -0.351 e. The Morgan fingerprint density at radius 1 is 1.42 bits per heavy atom. The summed E-state index contributed by atoms with van der Waals surface area (Å²) < 4.78 is 0. The molecule has 0 atom stereocenters. The molecule has 0 aliphatic rings. The lowest BCUT2D eigenvalue weighted by Crippen LogP contribution is -2.04.